The fourth-order valence-corrected chi connectivity index (χ4v) is 3.47. The van der Waals surface area contributed by atoms with Gasteiger partial charge >= 0.3 is 5.97 Å². The molecule has 1 atom stereocenters. The van der Waals surface area contributed by atoms with Crippen LogP contribution in [-0.2, 0) is 9.53 Å². The van der Waals surface area contributed by atoms with Gasteiger partial charge in [-0.2, -0.15) is 0 Å². The van der Waals surface area contributed by atoms with E-state index in [9.17, 15) is 4.79 Å². The van der Waals surface area contributed by atoms with E-state index in [2.05, 4.69) is 9.97 Å². The lowest BCUT2D eigenvalue weighted by Crippen LogP contribution is -2.21. The lowest BCUT2D eigenvalue weighted by atomic mass is 10.3. The van der Waals surface area contributed by atoms with Crippen molar-refractivity contribution in [2.45, 2.75) is 30.2 Å². The highest BCUT2D eigenvalue weighted by atomic mass is 32.2. The molecular formula is C15H18N2O3S. The molecule has 0 spiro atoms. The van der Waals surface area contributed by atoms with Gasteiger partial charge in [0.2, 0.25) is 0 Å². The molecule has 0 bridgehead atoms. The number of fused-ring (bicyclic) bond motifs is 1. The molecule has 6 heteroatoms. The van der Waals surface area contributed by atoms with Crippen LogP contribution in [0, 0.1) is 5.92 Å². The van der Waals surface area contributed by atoms with E-state index in [-0.39, 0.29) is 11.2 Å². The Bertz CT molecular complexity index is 651. The Morgan fingerprint density at radius 3 is 3.00 bits per heavy atom. The van der Waals surface area contributed by atoms with Crippen LogP contribution in [-0.4, -0.2) is 34.9 Å². The summed E-state index contributed by atoms with van der Waals surface area (Å²) in [5.41, 5.74) is 1.79. The summed E-state index contributed by atoms with van der Waals surface area (Å²) >= 11 is 1.45. The number of aromatic nitrogens is 2. The number of thioether (sulfide) groups is 1. The van der Waals surface area contributed by atoms with Crippen molar-refractivity contribution in [3.05, 3.63) is 18.2 Å². The lowest BCUT2D eigenvalue weighted by Gasteiger charge is -2.10. The van der Waals surface area contributed by atoms with Gasteiger partial charge < -0.3 is 14.5 Å². The quantitative estimate of drug-likeness (QED) is 0.656. The summed E-state index contributed by atoms with van der Waals surface area (Å²) in [6.07, 6.45) is 2.17. The maximum Gasteiger partial charge on any atom is 0.319 e. The molecule has 1 aromatic heterocycles. The summed E-state index contributed by atoms with van der Waals surface area (Å²) in [4.78, 5) is 19.6. The number of hydrogen-bond acceptors (Lipinski definition) is 5. The minimum atomic E-state index is -0.169. The van der Waals surface area contributed by atoms with Crippen molar-refractivity contribution in [1.82, 2.24) is 9.97 Å². The van der Waals surface area contributed by atoms with Gasteiger partial charge in [0.1, 0.15) is 11.0 Å². The first kappa shape index (κ1) is 14.3. The number of H-pyrrole nitrogens is 1. The van der Waals surface area contributed by atoms with Crippen LogP contribution in [0.4, 0.5) is 0 Å². The molecule has 1 N–H and O–H groups in total. The normalized spacial score (nSPS) is 15.9. The van der Waals surface area contributed by atoms with Crippen molar-refractivity contribution in [2.24, 2.45) is 5.92 Å². The Labute approximate surface area is 127 Å². The van der Waals surface area contributed by atoms with E-state index in [4.69, 9.17) is 9.47 Å². The number of carbonyl (C=O) groups excluding carboxylic acids is 1. The molecule has 2 aromatic rings. The molecule has 1 saturated carbocycles. The van der Waals surface area contributed by atoms with E-state index in [0.717, 1.165) is 34.8 Å². The number of imidazole rings is 1. The monoisotopic (exact) mass is 306 g/mol. The average molecular weight is 306 g/mol. The minimum Gasteiger partial charge on any atom is -0.494 e. The molecule has 1 heterocycles. The standard InChI is InChI=1S/C15H18N2O3S/c1-3-20-10-6-7-11-12(8-10)17-15(16-11)21-13(9-4-5-9)14(18)19-2/h6-9,13H,3-5H2,1-2H3,(H,16,17). The van der Waals surface area contributed by atoms with Crippen molar-refractivity contribution >= 4 is 28.8 Å². The maximum absolute atomic E-state index is 11.8. The van der Waals surface area contributed by atoms with Crippen LogP contribution < -0.4 is 4.74 Å². The zero-order valence-electron chi connectivity index (χ0n) is 12.1. The van der Waals surface area contributed by atoms with E-state index in [1.807, 2.05) is 25.1 Å². The third-order valence-corrected chi connectivity index (χ3v) is 4.71. The molecular weight excluding hydrogens is 288 g/mol. The third-order valence-electron chi connectivity index (χ3n) is 3.46. The Morgan fingerprint density at radius 2 is 2.33 bits per heavy atom. The second-order valence-electron chi connectivity index (χ2n) is 5.05. The number of esters is 1. The zero-order valence-corrected chi connectivity index (χ0v) is 12.9. The number of hydrogen-bond donors (Lipinski definition) is 1. The van der Waals surface area contributed by atoms with E-state index >= 15 is 0 Å². The summed E-state index contributed by atoms with van der Waals surface area (Å²) in [5, 5.41) is 0.586. The van der Waals surface area contributed by atoms with Crippen LogP contribution in [0.5, 0.6) is 5.75 Å². The van der Waals surface area contributed by atoms with E-state index in [1.165, 1.54) is 18.9 Å². The van der Waals surface area contributed by atoms with Crippen molar-refractivity contribution in [1.29, 1.82) is 0 Å². The van der Waals surface area contributed by atoms with Crippen molar-refractivity contribution < 1.29 is 14.3 Å². The van der Waals surface area contributed by atoms with Crippen molar-refractivity contribution in [3.8, 4) is 5.75 Å². The Kier molecular flexibility index (Phi) is 4.05. The molecule has 112 valence electrons. The largest absolute Gasteiger partial charge is 0.494 e. The molecule has 1 aliphatic rings. The van der Waals surface area contributed by atoms with E-state index < -0.39 is 0 Å². The van der Waals surface area contributed by atoms with Crippen molar-refractivity contribution in [2.75, 3.05) is 13.7 Å². The van der Waals surface area contributed by atoms with E-state index in [0.29, 0.717) is 12.5 Å². The SMILES string of the molecule is CCOc1ccc2nc(SC(C(=O)OC)C3CC3)[nH]c2c1. The Hall–Kier alpha value is -1.69. The predicted molar refractivity (Wildman–Crippen MR) is 81.6 cm³/mol. The number of ether oxygens (including phenoxy) is 2. The first-order valence-corrected chi connectivity index (χ1v) is 7.96. The summed E-state index contributed by atoms with van der Waals surface area (Å²) in [6.45, 7) is 2.59. The molecule has 5 nitrogen and oxygen atoms in total. The van der Waals surface area contributed by atoms with Crippen molar-refractivity contribution in [3.63, 3.8) is 0 Å². The highest BCUT2D eigenvalue weighted by Gasteiger charge is 2.38. The molecule has 1 aliphatic carbocycles. The van der Waals surface area contributed by atoms with Crippen LogP contribution in [0.1, 0.15) is 19.8 Å². The predicted octanol–water partition coefficient (Wildman–Crippen LogP) is 3.01. The lowest BCUT2D eigenvalue weighted by molar-refractivity contribution is -0.140. The first-order valence-electron chi connectivity index (χ1n) is 7.08. The fourth-order valence-electron chi connectivity index (χ4n) is 2.25. The molecule has 0 radical (unpaired) electrons. The first-order chi connectivity index (χ1) is 10.2. The van der Waals surface area contributed by atoms with Crippen LogP contribution in [0.3, 0.4) is 0 Å². The molecule has 0 amide bonds. The van der Waals surface area contributed by atoms with Gasteiger partial charge in [0.25, 0.3) is 0 Å². The number of nitrogens with one attached hydrogen (secondary N) is 1. The molecule has 1 unspecified atom stereocenters. The van der Waals surface area contributed by atoms with Gasteiger partial charge in [0.15, 0.2) is 5.16 Å². The third kappa shape index (κ3) is 3.15. The van der Waals surface area contributed by atoms with Crippen LogP contribution in [0.2, 0.25) is 0 Å². The second kappa shape index (κ2) is 5.97. The van der Waals surface area contributed by atoms with Gasteiger partial charge in [-0.05, 0) is 37.8 Å². The summed E-state index contributed by atoms with van der Waals surface area (Å²) in [5.74, 6) is 1.06. The summed E-state index contributed by atoms with van der Waals surface area (Å²) < 4.78 is 10.4. The maximum atomic E-state index is 11.8. The number of benzene rings is 1. The number of rotatable bonds is 6. The highest BCUT2D eigenvalue weighted by Crippen LogP contribution is 2.41. The Morgan fingerprint density at radius 1 is 1.52 bits per heavy atom. The minimum absolute atomic E-state index is 0.165. The molecule has 0 saturated heterocycles. The number of aromatic amines is 1. The molecule has 1 fully saturated rings. The van der Waals surface area contributed by atoms with Crippen LogP contribution >= 0.6 is 11.8 Å². The van der Waals surface area contributed by atoms with Gasteiger partial charge in [0.05, 0.1) is 24.8 Å². The van der Waals surface area contributed by atoms with Gasteiger partial charge in [-0.15, -0.1) is 0 Å². The van der Waals surface area contributed by atoms with E-state index in [1.54, 1.807) is 0 Å². The molecule has 21 heavy (non-hydrogen) atoms. The zero-order chi connectivity index (χ0) is 14.8. The Balaban J connectivity index is 1.81. The molecule has 1 aromatic carbocycles. The highest BCUT2D eigenvalue weighted by molar-refractivity contribution is 8.00. The topological polar surface area (TPSA) is 64.2 Å². The van der Waals surface area contributed by atoms with Gasteiger partial charge in [-0.25, -0.2) is 4.98 Å². The summed E-state index contributed by atoms with van der Waals surface area (Å²) in [6, 6.07) is 5.76. The van der Waals surface area contributed by atoms with Gasteiger partial charge in [0, 0.05) is 6.07 Å². The molecule has 3 rings (SSSR count). The van der Waals surface area contributed by atoms with Gasteiger partial charge in [-0.3, -0.25) is 4.79 Å². The van der Waals surface area contributed by atoms with Gasteiger partial charge in [-0.1, -0.05) is 11.8 Å². The van der Waals surface area contributed by atoms with Crippen LogP contribution in [0.25, 0.3) is 11.0 Å². The fraction of sp³-hybridized carbons (Fsp3) is 0.467. The number of carbonyl (C=O) groups is 1. The summed E-state index contributed by atoms with van der Waals surface area (Å²) in [7, 11) is 1.44. The smallest absolute Gasteiger partial charge is 0.319 e. The number of nitrogens with zero attached hydrogens (tertiary/aromatic N) is 1. The number of methoxy groups -OCH3 is 1. The second-order valence-corrected chi connectivity index (χ2v) is 6.18. The average Bonchev–Trinajstić information content (AvgIpc) is 3.24. The van der Waals surface area contributed by atoms with Crippen LogP contribution in [0.15, 0.2) is 23.4 Å². The molecule has 0 aliphatic heterocycles.